The number of carboxylic acids is 1. The molecule has 1 atom stereocenters. The first-order valence-electron chi connectivity index (χ1n) is 6.44. The number of pyridine rings is 1. The molecule has 0 saturated carbocycles. The first-order chi connectivity index (χ1) is 9.99. The summed E-state index contributed by atoms with van der Waals surface area (Å²) in [4.78, 5) is 37.2. The van der Waals surface area contributed by atoms with Gasteiger partial charge in [0.1, 0.15) is 6.04 Å². The molecule has 8 nitrogen and oxygen atoms in total. The van der Waals surface area contributed by atoms with Gasteiger partial charge in [0.25, 0.3) is 0 Å². The second kappa shape index (κ2) is 8.51. The minimum atomic E-state index is -1.21. The molecule has 0 aliphatic heterocycles. The van der Waals surface area contributed by atoms with Crippen LogP contribution in [0.2, 0.25) is 0 Å². The third-order valence-electron chi connectivity index (χ3n) is 2.68. The molecule has 0 unspecified atom stereocenters. The molecule has 0 aliphatic carbocycles. The van der Waals surface area contributed by atoms with Gasteiger partial charge in [-0.3, -0.25) is 9.78 Å². The smallest absolute Gasteiger partial charge is 0.326 e. The van der Waals surface area contributed by atoms with Crippen molar-refractivity contribution in [2.45, 2.75) is 25.3 Å². The lowest BCUT2D eigenvalue weighted by Gasteiger charge is -2.14. The molecular weight excluding hydrogens is 276 g/mol. The monoisotopic (exact) mass is 294 g/mol. The fraction of sp³-hybridized carbons (Fsp3) is 0.385. The number of nitrogens with two attached hydrogens (primary N) is 1. The standard InChI is InChI=1S/C13H18N4O4/c14-11(18)5-4-10(12(19)20)17-13(21)16-8-6-9-3-1-2-7-15-9/h1-3,7,10H,4-6,8H2,(H2,14,18)(H,19,20)(H2,16,17,21)/t10-/m1/s1. The molecule has 0 saturated heterocycles. The third kappa shape index (κ3) is 6.90. The van der Waals surface area contributed by atoms with Crippen LogP contribution < -0.4 is 16.4 Å². The van der Waals surface area contributed by atoms with Crippen molar-refractivity contribution in [3.05, 3.63) is 30.1 Å². The van der Waals surface area contributed by atoms with E-state index in [0.29, 0.717) is 13.0 Å². The fourth-order valence-electron chi connectivity index (χ4n) is 1.60. The number of rotatable bonds is 8. The molecule has 1 aromatic rings. The quantitative estimate of drug-likeness (QED) is 0.519. The lowest BCUT2D eigenvalue weighted by Crippen LogP contribution is -2.46. The maximum atomic E-state index is 11.6. The van der Waals surface area contributed by atoms with Crippen LogP contribution in [0.1, 0.15) is 18.5 Å². The van der Waals surface area contributed by atoms with Crippen LogP contribution in [0.4, 0.5) is 4.79 Å². The molecule has 0 fully saturated rings. The highest BCUT2D eigenvalue weighted by Gasteiger charge is 2.20. The summed E-state index contributed by atoms with van der Waals surface area (Å²) < 4.78 is 0. The van der Waals surface area contributed by atoms with Gasteiger partial charge in [0.2, 0.25) is 5.91 Å². The highest BCUT2D eigenvalue weighted by Crippen LogP contribution is 1.97. The predicted octanol–water partition coefficient (Wildman–Crippen LogP) is -0.358. The molecular formula is C13H18N4O4. The SMILES string of the molecule is NC(=O)CC[C@@H](NC(=O)NCCc1ccccn1)C(=O)O. The number of amides is 3. The van der Waals surface area contributed by atoms with Crippen molar-refractivity contribution < 1.29 is 19.5 Å². The molecule has 1 rings (SSSR count). The second-order valence-corrected chi connectivity index (χ2v) is 4.37. The van der Waals surface area contributed by atoms with E-state index in [0.717, 1.165) is 5.69 Å². The lowest BCUT2D eigenvalue weighted by atomic mass is 10.1. The van der Waals surface area contributed by atoms with E-state index < -0.39 is 23.9 Å². The van der Waals surface area contributed by atoms with Crippen molar-refractivity contribution in [2.75, 3.05) is 6.54 Å². The number of urea groups is 1. The second-order valence-electron chi connectivity index (χ2n) is 4.37. The van der Waals surface area contributed by atoms with Crippen molar-refractivity contribution in [3.8, 4) is 0 Å². The third-order valence-corrected chi connectivity index (χ3v) is 2.68. The lowest BCUT2D eigenvalue weighted by molar-refractivity contribution is -0.139. The number of nitrogens with zero attached hydrogens (tertiary/aromatic N) is 1. The van der Waals surface area contributed by atoms with E-state index in [1.54, 1.807) is 12.3 Å². The Morgan fingerprint density at radius 1 is 1.33 bits per heavy atom. The van der Waals surface area contributed by atoms with Crippen LogP contribution in [-0.2, 0) is 16.0 Å². The fourth-order valence-corrected chi connectivity index (χ4v) is 1.60. The van der Waals surface area contributed by atoms with E-state index >= 15 is 0 Å². The molecule has 0 radical (unpaired) electrons. The maximum absolute atomic E-state index is 11.6. The Hall–Kier alpha value is -2.64. The van der Waals surface area contributed by atoms with E-state index in [1.807, 2.05) is 12.1 Å². The summed E-state index contributed by atoms with van der Waals surface area (Å²) >= 11 is 0. The van der Waals surface area contributed by atoms with E-state index in [9.17, 15) is 14.4 Å². The Balaban J connectivity index is 2.33. The summed E-state index contributed by atoms with van der Waals surface area (Å²) in [6, 6.07) is 3.70. The molecule has 1 aromatic heterocycles. The summed E-state index contributed by atoms with van der Waals surface area (Å²) in [5, 5.41) is 13.7. The van der Waals surface area contributed by atoms with Gasteiger partial charge >= 0.3 is 12.0 Å². The van der Waals surface area contributed by atoms with Crippen molar-refractivity contribution in [1.82, 2.24) is 15.6 Å². The zero-order valence-electron chi connectivity index (χ0n) is 11.4. The van der Waals surface area contributed by atoms with Crippen LogP contribution in [0.15, 0.2) is 24.4 Å². The van der Waals surface area contributed by atoms with E-state index in [1.165, 1.54) is 0 Å². The van der Waals surface area contributed by atoms with Gasteiger partial charge in [0.15, 0.2) is 0 Å². The van der Waals surface area contributed by atoms with Crippen LogP contribution >= 0.6 is 0 Å². The molecule has 0 bridgehead atoms. The Morgan fingerprint density at radius 3 is 2.67 bits per heavy atom. The summed E-state index contributed by atoms with van der Waals surface area (Å²) in [6.07, 6.45) is 2.04. The highest BCUT2D eigenvalue weighted by molar-refractivity contribution is 5.83. The molecule has 1 heterocycles. The van der Waals surface area contributed by atoms with Crippen LogP contribution in [-0.4, -0.2) is 40.6 Å². The minimum absolute atomic E-state index is 0.0433. The summed E-state index contributed by atoms with van der Waals surface area (Å²) in [7, 11) is 0. The normalized spacial score (nSPS) is 11.4. The maximum Gasteiger partial charge on any atom is 0.326 e. The van der Waals surface area contributed by atoms with Gasteiger partial charge in [-0.1, -0.05) is 6.07 Å². The van der Waals surface area contributed by atoms with Crippen molar-refractivity contribution in [2.24, 2.45) is 5.73 Å². The van der Waals surface area contributed by atoms with Gasteiger partial charge in [-0.25, -0.2) is 9.59 Å². The summed E-state index contributed by atoms with van der Waals surface area (Å²) in [6.45, 7) is 0.324. The number of primary amides is 1. The van der Waals surface area contributed by atoms with Gasteiger partial charge in [-0.2, -0.15) is 0 Å². The first kappa shape index (κ1) is 16.4. The number of carbonyl (C=O) groups excluding carboxylic acids is 2. The first-order valence-corrected chi connectivity index (χ1v) is 6.44. The van der Waals surface area contributed by atoms with E-state index in [4.69, 9.17) is 10.8 Å². The van der Waals surface area contributed by atoms with Crippen LogP contribution in [0, 0.1) is 0 Å². The number of hydrogen-bond acceptors (Lipinski definition) is 4. The zero-order chi connectivity index (χ0) is 15.7. The van der Waals surface area contributed by atoms with Gasteiger partial charge in [0, 0.05) is 31.3 Å². The van der Waals surface area contributed by atoms with Gasteiger partial charge < -0.3 is 21.5 Å². The summed E-state index contributed by atoms with van der Waals surface area (Å²) in [5.41, 5.74) is 5.77. The van der Waals surface area contributed by atoms with Gasteiger partial charge in [-0.15, -0.1) is 0 Å². The topological polar surface area (TPSA) is 134 Å². The molecule has 0 aliphatic rings. The predicted molar refractivity (Wildman–Crippen MR) is 74.3 cm³/mol. The van der Waals surface area contributed by atoms with Crippen molar-refractivity contribution >= 4 is 17.9 Å². The molecule has 0 spiro atoms. The van der Waals surface area contributed by atoms with Crippen molar-refractivity contribution in [1.29, 1.82) is 0 Å². The Labute approximate surface area is 121 Å². The molecule has 21 heavy (non-hydrogen) atoms. The number of hydrogen-bond donors (Lipinski definition) is 4. The number of nitrogens with one attached hydrogen (secondary N) is 2. The van der Waals surface area contributed by atoms with Crippen molar-refractivity contribution in [3.63, 3.8) is 0 Å². The van der Waals surface area contributed by atoms with Crippen LogP contribution in [0.5, 0.6) is 0 Å². The Morgan fingerprint density at radius 2 is 2.10 bits per heavy atom. The minimum Gasteiger partial charge on any atom is -0.480 e. The Kier molecular flexibility index (Phi) is 6.66. The average Bonchev–Trinajstić information content (AvgIpc) is 2.44. The van der Waals surface area contributed by atoms with E-state index in [-0.39, 0.29) is 12.8 Å². The highest BCUT2D eigenvalue weighted by atomic mass is 16.4. The largest absolute Gasteiger partial charge is 0.480 e. The average molecular weight is 294 g/mol. The van der Waals surface area contributed by atoms with E-state index in [2.05, 4.69) is 15.6 Å². The molecule has 0 aromatic carbocycles. The number of aliphatic carboxylic acids is 1. The number of carboxylic acid groups (broad SMARTS) is 1. The molecule has 3 amide bonds. The number of carbonyl (C=O) groups is 3. The van der Waals surface area contributed by atoms with Gasteiger partial charge in [-0.05, 0) is 18.6 Å². The summed E-state index contributed by atoms with van der Waals surface area (Å²) in [5.74, 6) is -1.82. The molecule has 5 N–H and O–H groups in total. The van der Waals surface area contributed by atoms with Crippen LogP contribution in [0.3, 0.4) is 0 Å². The Bertz CT molecular complexity index is 492. The molecule has 114 valence electrons. The number of aromatic nitrogens is 1. The van der Waals surface area contributed by atoms with Gasteiger partial charge in [0.05, 0.1) is 0 Å². The van der Waals surface area contributed by atoms with Crippen LogP contribution in [0.25, 0.3) is 0 Å². The molecule has 8 heteroatoms. The zero-order valence-corrected chi connectivity index (χ0v) is 11.4.